The summed E-state index contributed by atoms with van der Waals surface area (Å²) in [6, 6.07) is 15.5. The van der Waals surface area contributed by atoms with Gasteiger partial charge in [-0.05, 0) is 80.1 Å². The van der Waals surface area contributed by atoms with Gasteiger partial charge in [0.25, 0.3) is 5.91 Å². The number of amides is 1. The van der Waals surface area contributed by atoms with E-state index in [1.165, 1.54) is 11.3 Å². The Morgan fingerprint density at radius 1 is 1.29 bits per heavy atom. The van der Waals surface area contributed by atoms with Gasteiger partial charge in [-0.3, -0.25) is 4.79 Å². The van der Waals surface area contributed by atoms with Gasteiger partial charge in [-0.15, -0.1) is 0 Å². The van der Waals surface area contributed by atoms with Gasteiger partial charge in [-0.25, -0.2) is 0 Å². The zero-order valence-corrected chi connectivity index (χ0v) is 17.2. The number of rotatable bonds is 3. The van der Waals surface area contributed by atoms with Crippen molar-refractivity contribution in [2.24, 2.45) is 0 Å². The van der Waals surface area contributed by atoms with Crippen LogP contribution in [0.25, 0.3) is 6.08 Å². The lowest BCUT2D eigenvalue weighted by molar-refractivity contribution is -0.112. The number of aryl methyl sites for hydroxylation is 1. The van der Waals surface area contributed by atoms with E-state index < -0.39 is 5.91 Å². The molecule has 2 aromatic rings. The predicted octanol–water partition coefficient (Wildman–Crippen LogP) is 5.26. The number of para-hydroxylation sites is 1. The highest BCUT2D eigenvalue weighted by Crippen LogP contribution is 2.43. The lowest BCUT2D eigenvalue weighted by Gasteiger charge is -2.45. The summed E-state index contributed by atoms with van der Waals surface area (Å²) in [4.78, 5) is 14.9. The molecule has 1 unspecified atom stereocenters. The van der Waals surface area contributed by atoms with E-state index in [9.17, 15) is 10.1 Å². The number of nitriles is 1. The second kappa shape index (κ2) is 7.52. The molecule has 1 aliphatic heterocycles. The molecule has 28 heavy (non-hydrogen) atoms. The number of nitrogens with one attached hydrogen (secondary N) is 1. The van der Waals surface area contributed by atoms with Crippen LogP contribution in [0.3, 0.4) is 0 Å². The first-order valence-electron chi connectivity index (χ1n) is 9.59. The monoisotopic (exact) mass is 373 g/mol. The Hall–Kier alpha value is -3.06. The minimum atomic E-state index is -0.392. The van der Waals surface area contributed by atoms with Gasteiger partial charge in [-0.2, -0.15) is 5.26 Å². The molecule has 0 bridgehead atoms. The summed E-state index contributed by atoms with van der Waals surface area (Å²) < 4.78 is 0. The van der Waals surface area contributed by atoms with Gasteiger partial charge in [-0.1, -0.05) is 25.1 Å². The summed E-state index contributed by atoms with van der Waals surface area (Å²) in [6.45, 7) is 8.79. The molecule has 1 aliphatic rings. The second-order valence-corrected chi connectivity index (χ2v) is 8.23. The Morgan fingerprint density at radius 3 is 2.61 bits per heavy atom. The fourth-order valence-electron chi connectivity index (χ4n) is 3.91. The van der Waals surface area contributed by atoms with Gasteiger partial charge >= 0.3 is 0 Å². The molecule has 2 aromatic carbocycles. The molecule has 1 N–H and O–H groups in total. The van der Waals surface area contributed by atoms with Crippen LogP contribution in [0, 0.1) is 18.3 Å². The van der Waals surface area contributed by atoms with Crippen molar-refractivity contribution < 1.29 is 4.79 Å². The minimum absolute atomic E-state index is 0.101. The van der Waals surface area contributed by atoms with E-state index in [1.54, 1.807) is 18.2 Å². The number of anilines is 2. The quantitative estimate of drug-likeness (QED) is 0.589. The van der Waals surface area contributed by atoms with Gasteiger partial charge in [0.15, 0.2) is 0 Å². The van der Waals surface area contributed by atoms with E-state index in [2.05, 4.69) is 50.2 Å². The minimum Gasteiger partial charge on any atom is -0.369 e. The van der Waals surface area contributed by atoms with Crippen LogP contribution in [0.5, 0.6) is 0 Å². The van der Waals surface area contributed by atoms with Crippen molar-refractivity contribution in [3.63, 3.8) is 0 Å². The second-order valence-electron chi connectivity index (χ2n) is 8.23. The number of benzene rings is 2. The maximum atomic E-state index is 12.5. The third kappa shape index (κ3) is 3.80. The molecule has 0 spiro atoms. The van der Waals surface area contributed by atoms with Crippen LogP contribution in [-0.4, -0.2) is 18.5 Å². The molecule has 1 atom stereocenters. The van der Waals surface area contributed by atoms with Crippen molar-refractivity contribution in [1.82, 2.24) is 0 Å². The molecule has 144 valence electrons. The number of carbonyl (C=O) groups excluding carboxylic acids is 1. The lowest BCUT2D eigenvalue weighted by Crippen LogP contribution is -2.45. The lowest BCUT2D eigenvalue weighted by atomic mass is 9.79. The average molecular weight is 374 g/mol. The maximum absolute atomic E-state index is 12.5. The van der Waals surface area contributed by atoms with Crippen molar-refractivity contribution >= 4 is 23.4 Å². The first-order valence-corrected chi connectivity index (χ1v) is 9.59. The number of hydrogen-bond acceptors (Lipinski definition) is 3. The summed E-state index contributed by atoms with van der Waals surface area (Å²) in [6.07, 6.45) is 2.75. The highest BCUT2D eigenvalue weighted by molar-refractivity contribution is 6.09. The van der Waals surface area contributed by atoms with E-state index in [0.29, 0.717) is 11.6 Å². The third-order valence-corrected chi connectivity index (χ3v) is 5.72. The topological polar surface area (TPSA) is 56.1 Å². The van der Waals surface area contributed by atoms with Crippen LogP contribution in [0.2, 0.25) is 0 Å². The van der Waals surface area contributed by atoms with Crippen molar-refractivity contribution in [3.05, 3.63) is 64.7 Å². The summed E-state index contributed by atoms with van der Waals surface area (Å²) in [7, 11) is 2.13. The van der Waals surface area contributed by atoms with Crippen LogP contribution in [0.4, 0.5) is 11.4 Å². The fourth-order valence-corrected chi connectivity index (χ4v) is 3.91. The molecule has 0 saturated carbocycles. The van der Waals surface area contributed by atoms with Gasteiger partial charge in [0.1, 0.15) is 11.6 Å². The molecular formula is C24H27N3O. The molecule has 0 fully saturated rings. The molecule has 1 amide bonds. The normalized spacial score (nSPS) is 18.2. The average Bonchev–Trinajstić information content (AvgIpc) is 2.65. The van der Waals surface area contributed by atoms with Gasteiger partial charge in [0.2, 0.25) is 0 Å². The van der Waals surface area contributed by atoms with Crippen LogP contribution >= 0.6 is 0 Å². The van der Waals surface area contributed by atoms with Gasteiger partial charge in [0.05, 0.1) is 0 Å². The van der Waals surface area contributed by atoms with Crippen molar-refractivity contribution in [2.45, 2.75) is 45.6 Å². The smallest absolute Gasteiger partial charge is 0.266 e. The number of hydrogen-bond donors (Lipinski definition) is 1. The van der Waals surface area contributed by atoms with Crippen LogP contribution in [-0.2, 0) is 4.79 Å². The summed E-state index contributed by atoms with van der Waals surface area (Å²) >= 11 is 0. The first kappa shape index (κ1) is 19.7. The summed E-state index contributed by atoms with van der Waals surface area (Å²) in [5, 5.41) is 12.3. The third-order valence-electron chi connectivity index (χ3n) is 5.72. The SMILES string of the molecule is Cc1cc2c(cc1/C=C(\C#N)C(=O)Nc1ccccc1)C(C)CC(C)(C)N2C. The van der Waals surface area contributed by atoms with E-state index in [4.69, 9.17) is 0 Å². The Kier molecular flexibility index (Phi) is 5.29. The number of fused-ring (bicyclic) bond motifs is 1. The molecule has 0 aliphatic carbocycles. The molecule has 0 radical (unpaired) electrons. The van der Waals surface area contributed by atoms with Crippen molar-refractivity contribution in [3.8, 4) is 6.07 Å². The van der Waals surface area contributed by atoms with Crippen LogP contribution in [0.1, 0.15) is 49.8 Å². The van der Waals surface area contributed by atoms with Crippen LogP contribution in [0.15, 0.2) is 48.0 Å². The summed E-state index contributed by atoms with van der Waals surface area (Å²) in [5.74, 6) is 0.0229. The zero-order valence-electron chi connectivity index (χ0n) is 17.2. The number of nitrogens with zero attached hydrogens (tertiary/aromatic N) is 2. The van der Waals surface area contributed by atoms with E-state index in [1.807, 2.05) is 31.2 Å². The van der Waals surface area contributed by atoms with E-state index >= 15 is 0 Å². The molecule has 0 saturated heterocycles. The maximum Gasteiger partial charge on any atom is 0.266 e. The molecule has 1 heterocycles. The summed E-state index contributed by atoms with van der Waals surface area (Å²) in [5.41, 5.74) is 5.33. The Bertz CT molecular complexity index is 967. The predicted molar refractivity (Wildman–Crippen MR) is 115 cm³/mol. The van der Waals surface area contributed by atoms with Gasteiger partial charge in [0, 0.05) is 24.0 Å². The fraction of sp³-hybridized carbons (Fsp3) is 0.333. The highest BCUT2D eigenvalue weighted by Gasteiger charge is 2.34. The van der Waals surface area contributed by atoms with E-state index in [-0.39, 0.29) is 11.1 Å². The molecule has 3 rings (SSSR count). The Labute approximate surface area is 167 Å². The van der Waals surface area contributed by atoms with Gasteiger partial charge < -0.3 is 10.2 Å². The van der Waals surface area contributed by atoms with Crippen molar-refractivity contribution in [1.29, 1.82) is 5.26 Å². The Morgan fingerprint density at radius 2 is 1.96 bits per heavy atom. The molecule has 0 aromatic heterocycles. The van der Waals surface area contributed by atoms with Crippen LogP contribution < -0.4 is 10.2 Å². The number of carbonyl (C=O) groups is 1. The molecule has 4 nitrogen and oxygen atoms in total. The van der Waals surface area contributed by atoms with Crippen molar-refractivity contribution in [2.75, 3.05) is 17.3 Å². The molecular weight excluding hydrogens is 346 g/mol. The first-order chi connectivity index (χ1) is 13.2. The Balaban J connectivity index is 1.96. The van der Waals surface area contributed by atoms with E-state index in [0.717, 1.165) is 17.5 Å². The zero-order chi connectivity index (χ0) is 20.5. The molecule has 4 heteroatoms. The highest BCUT2D eigenvalue weighted by atomic mass is 16.1. The largest absolute Gasteiger partial charge is 0.369 e. The standard InChI is InChI=1S/C24H27N3O/c1-16-11-22-21(17(2)14-24(3,4)27(22)5)13-18(16)12-19(15-25)23(28)26-20-9-7-6-8-10-20/h6-13,17H,14H2,1-5H3,(H,26,28)/b19-12+.